The quantitative estimate of drug-likeness (QED) is 0.0550. The molecule has 9 nitrogen and oxygen atoms in total. The minimum absolute atomic E-state index is 0.0685. The van der Waals surface area contributed by atoms with E-state index in [4.69, 9.17) is 18.9 Å². The summed E-state index contributed by atoms with van der Waals surface area (Å²) in [4.78, 5) is 59.2. The Morgan fingerprint density at radius 1 is 0.520 bits per heavy atom. The predicted octanol–water partition coefficient (Wildman–Crippen LogP) is 7.28. The van der Waals surface area contributed by atoms with Gasteiger partial charge in [-0.05, 0) is 94.5 Å². The van der Waals surface area contributed by atoms with Gasteiger partial charge in [-0.15, -0.1) is 0 Å². The van der Waals surface area contributed by atoms with Gasteiger partial charge in [0.15, 0.2) is 0 Å². The van der Waals surface area contributed by atoms with E-state index in [9.17, 15) is 24.0 Å². The first kappa shape index (κ1) is 35.0. The van der Waals surface area contributed by atoms with Gasteiger partial charge in [0.2, 0.25) is 5.78 Å². The second-order valence-electron chi connectivity index (χ2n) is 11.5. The van der Waals surface area contributed by atoms with Crippen LogP contribution in [0.3, 0.4) is 0 Å². The van der Waals surface area contributed by atoms with Gasteiger partial charge in [0.25, 0.3) is 0 Å². The van der Waals surface area contributed by atoms with Crippen LogP contribution >= 0.6 is 0 Å². The molecule has 50 heavy (non-hydrogen) atoms. The van der Waals surface area contributed by atoms with Gasteiger partial charge in [0, 0.05) is 25.3 Å². The maximum absolute atomic E-state index is 12.8. The van der Waals surface area contributed by atoms with E-state index in [0.29, 0.717) is 41.0 Å². The minimum atomic E-state index is -0.870. The minimum Gasteiger partial charge on any atom is -0.462 e. The lowest BCUT2D eigenvalue weighted by atomic mass is 10.0. The highest BCUT2D eigenvalue weighted by Crippen LogP contribution is 2.29. The van der Waals surface area contributed by atoms with E-state index in [1.165, 1.54) is 0 Å². The number of esters is 4. The van der Waals surface area contributed by atoms with Crippen LogP contribution in [0, 0.1) is 0 Å². The van der Waals surface area contributed by atoms with Crippen molar-refractivity contribution in [2.45, 2.75) is 26.7 Å². The summed E-state index contributed by atoms with van der Waals surface area (Å²) in [6.07, 6.45) is 0.930. The maximum Gasteiger partial charge on any atom is 0.374 e. The first-order valence-corrected chi connectivity index (χ1v) is 15.8. The van der Waals surface area contributed by atoms with Gasteiger partial charge >= 0.3 is 23.9 Å². The third-order valence-electron chi connectivity index (χ3n) is 7.68. The van der Waals surface area contributed by atoms with E-state index in [1.54, 1.807) is 79.7 Å². The number of carbonyl (C=O) groups excluding carboxylic acids is 5. The lowest BCUT2D eigenvalue weighted by Gasteiger charge is -2.09. The second kappa shape index (κ2) is 16.2. The van der Waals surface area contributed by atoms with E-state index >= 15 is 0 Å². The summed E-state index contributed by atoms with van der Waals surface area (Å²) in [5.41, 5.74) is 4.77. The predicted molar refractivity (Wildman–Crippen MR) is 187 cm³/mol. The molecule has 0 unspecified atom stereocenters. The molecule has 0 amide bonds. The van der Waals surface area contributed by atoms with Gasteiger partial charge in [-0.3, -0.25) is 4.79 Å². The smallest absolute Gasteiger partial charge is 0.374 e. The fourth-order valence-corrected chi connectivity index (χ4v) is 4.88. The van der Waals surface area contributed by atoms with Crippen LogP contribution in [0.2, 0.25) is 0 Å². The van der Waals surface area contributed by atoms with Gasteiger partial charge in [-0.25, -0.2) is 19.2 Å². The zero-order valence-corrected chi connectivity index (χ0v) is 27.6. The molecule has 0 spiro atoms. The Balaban J connectivity index is 1.14. The number of ether oxygens (including phenoxy) is 4. The highest BCUT2D eigenvalue weighted by molar-refractivity contribution is 6.32. The van der Waals surface area contributed by atoms with Gasteiger partial charge < -0.3 is 18.9 Å². The zero-order valence-electron chi connectivity index (χ0n) is 27.6. The summed E-state index contributed by atoms with van der Waals surface area (Å²) >= 11 is 0. The Bertz CT molecular complexity index is 2060. The zero-order chi connectivity index (χ0) is 35.6. The molecule has 252 valence electrons. The first-order chi connectivity index (χ1) is 24.0. The summed E-state index contributed by atoms with van der Waals surface area (Å²) < 4.78 is 21.2. The standard InChI is InChI=1S/C41H34O9/c1-26(2)38(43)47-22-20-28-4-8-31(9-5-28)40(45)49-36-17-14-30(15-18-36)33-12-13-35-25-37(19-16-34(35)24-33)50-41(46)32-10-6-29(7-11-32)21-23-48-39(44)27(3)42/h4-19,24-25H,1,20-23H2,2-3H3. The van der Waals surface area contributed by atoms with Gasteiger partial charge in [-0.2, -0.15) is 0 Å². The third-order valence-corrected chi connectivity index (χ3v) is 7.68. The summed E-state index contributed by atoms with van der Waals surface area (Å²) in [5, 5.41) is 1.84. The summed E-state index contributed by atoms with van der Waals surface area (Å²) in [6.45, 7) is 6.60. The third kappa shape index (κ3) is 9.38. The molecule has 0 atom stereocenters. The van der Waals surface area contributed by atoms with Crippen molar-refractivity contribution in [1.29, 1.82) is 0 Å². The molecule has 5 aromatic carbocycles. The van der Waals surface area contributed by atoms with E-state index in [0.717, 1.165) is 39.9 Å². The Morgan fingerprint density at radius 2 is 0.980 bits per heavy atom. The average Bonchev–Trinajstić information content (AvgIpc) is 3.12. The maximum atomic E-state index is 12.8. The van der Waals surface area contributed by atoms with Gasteiger partial charge in [0.05, 0.1) is 24.3 Å². The topological polar surface area (TPSA) is 122 Å². The number of carbonyl (C=O) groups is 5. The first-order valence-electron chi connectivity index (χ1n) is 15.8. The van der Waals surface area contributed by atoms with Crippen LogP contribution < -0.4 is 9.47 Å². The molecule has 0 saturated carbocycles. The van der Waals surface area contributed by atoms with Crippen LogP contribution in [-0.2, 0) is 36.7 Å². The molecule has 5 aromatic rings. The summed E-state index contributed by atoms with van der Waals surface area (Å²) in [7, 11) is 0. The van der Waals surface area contributed by atoms with Crippen molar-refractivity contribution in [3.8, 4) is 22.6 Å². The molecule has 0 saturated heterocycles. The average molecular weight is 671 g/mol. The Hall–Kier alpha value is -6.35. The highest BCUT2D eigenvalue weighted by atomic mass is 16.5. The van der Waals surface area contributed by atoms with Crippen molar-refractivity contribution in [3.05, 3.63) is 144 Å². The van der Waals surface area contributed by atoms with Crippen molar-refractivity contribution in [2.24, 2.45) is 0 Å². The van der Waals surface area contributed by atoms with Crippen LogP contribution in [0.1, 0.15) is 45.7 Å². The second-order valence-corrected chi connectivity index (χ2v) is 11.5. The normalized spacial score (nSPS) is 10.6. The van der Waals surface area contributed by atoms with E-state index < -0.39 is 29.7 Å². The molecule has 0 heterocycles. The van der Waals surface area contributed by atoms with Gasteiger partial charge in [0.1, 0.15) is 11.5 Å². The van der Waals surface area contributed by atoms with Crippen molar-refractivity contribution in [2.75, 3.05) is 13.2 Å². The largest absolute Gasteiger partial charge is 0.462 e. The van der Waals surface area contributed by atoms with Crippen molar-refractivity contribution >= 4 is 40.4 Å². The van der Waals surface area contributed by atoms with Crippen molar-refractivity contribution < 1.29 is 42.9 Å². The SMILES string of the molecule is C=C(C)C(=O)OCCc1ccc(C(=O)Oc2ccc(-c3ccc4cc(OC(=O)c5ccc(CCOC(=O)C(C)=O)cc5)ccc4c3)cc2)cc1. The van der Waals surface area contributed by atoms with E-state index in [-0.39, 0.29) is 13.2 Å². The molecule has 0 radical (unpaired) electrons. The molecule has 5 rings (SSSR count). The summed E-state index contributed by atoms with van der Waals surface area (Å²) in [5.74, 6) is -2.13. The van der Waals surface area contributed by atoms with Crippen LogP contribution in [0.5, 0.6) is 11.5 Å². The van der Waals surface area contributed by atoms with Crippen LogP contribution in [0.15, 0.2) is 121 Å². The number of Topliss-reactive ketones (excluding diaryl/α,β-unsaturated/α-hetero) is 1. The van der Waals surface area contributed by atoms with Crippen molar-refractivity contribution in [1.82, 2.24) is 0 Å². The van der Waals surface area contributed by atoms with Crippen LogP contribution in [0.4, 0.5) is 0 Å². The van der Waals surface area contributed by atoms with Crippen molar-refractivity contribution in [3.63, 3.8) is 0 Å². The lowest BCUT2D eigenvalue weighted by Crippen LogP contribution is -2.15. The number of fused-ring (bicyclic) bond motifs is 1. The molecule has 0 aliphatic carbocycles. The molecule has 0 aromatic heterocycles. The van der Waals surface area contributed by atoms with Gasteiger partial charge in [-0.1, -0.05) is 61.2 Å². The molecule has 0 bridgehead atoms. The number of ketones is 1. The number of benzene rings is 5. The van der Waals surface area contributed by atoms with Crippen LogP contribution in [0.25, 0.3) is 21.9 Å². The van der Waals surface area contributed by atoms with Crippen LogP contribution in [-0.4, -0.2) is 42.9 Å². The lowest BCUT2D eigenvalue weighted by molar-refractivity contribution is -0.152. The number of rotatable bonds is 13. The molecular formula is C41H34O9. The molecule has 0 N–H and O–H groups in total. The molecule has 0 aliphatic rings. The molecule has 0 fully saturated rings. The molecule has 0 aliphatic heterocycles. The van der Waals surface area contributed by atoms with E-state index in [2.05, 4.69) is 6.58 Å². The summed E-state index contributed by atoms with van der Waals surface area (Å²) in [6, 6.07) is 32.3. The van der Waals surface area contributed by atoms with E-state index in [1.807, 2.05) is 36.4 Å². The fourth-order valence-electron chi connectivity index (χ4n) is 4.88. The molecular weight excluding hydrogens is 636 g/mol. The fraction of sp³-hybridized carbons (Fsp3) is 0.146. The Kier molecular flexibility index (Phi) is 11.3. The Morgan fingerprint density at radius 3 is 1.52 bits per heavy atom. The molecule has 9 heteroatoms. The Labute approximate surface area is 289 Å². The number of hydrogen-bond donors (Lipinski definition) is 0. The monoisotopic (exact) mass is 670 g/mol. The number of hydrogen-bond acceptors (Lipinski definition) is 9. The highest BCUT2D eigenvalue weighted by Gasteiger charge is 2.13.